The van der Waals surface area contributed by atoms with Gasteiger partial charge in [-0.05, 0) is 26.0 Å². The molecule has 2 N–H and O–H groups in total. The van der Waals surface area contributed by atoms with Crippen molar-refractivity contribution < 1.29 is 17.9 Å². The molecular formula is C10H11Cl2NO4S. The van der Waals surface area contributed by atoms with E-state index in [9.17, 15) is 13.2 Å². The highest BCUT2D eigenvalue weighted by Crippen LogP contribution is 2.30. The van der Waals surface area contributed by atoms with Crippen molar-refractivity contribution in [3.63, 3.8) is 0 Å². The zero-order valence-corrected chi connectivity index (χ0v) is 11.9. The van der Waals surface area contributed by atoms with Gasteiger partial charge in [-0.15, -0.1) is 0 Å². The minimum absolute atomic E-state index is 0.0258. The first-order chi connectivity index (χ1) is 8.12. The van der Waals surface area contributed by atoms with Gasteiger partial charge in [0.2, 0.25) is 10.0 Å². The second-order valence-electron chi connectivity index (χ2n) is 3.77. The minimum Gasteiger partial charge on any atom is -0.459 e. The third-order valence-corrected chi connectivity index (χ3v) is 3.73. The number of nitrogens with two attached hydrogens (primary N) is 1. The summed E-state index contributed by atoms with van der Waals surface area (Å²) in [4.78, 5) is 11.2. The molecule has 0 saturated heterocycles. The van der Waals surface area contributed by atoms with Gasteiger partial charge in [0.05, 0.1) is 21.7 Å². The molecule has 0 aliphatic carbocycles. The third kappa shape index (κ3) is 3.58. The van der Waals surface area contributed by atoms with Crippen molar-refractivity contribution in [1.29, 1.82) is 0 Å². The first kappa shape index (κ1) is 15.2. The Balaban J connectivity index is 3.34. The summed E-state index contributed by atoms with van der Waals surface area (Å²) in [5, 5.41) is 4.67. The van der Waals surface area contributed by atoms with Gasteiger partial charge < -0.3 is 4.74 Å². The molecule has 1 aromatic carbocycles. The predicted molar refractivity (Wildman–Crippen MR) is 68.4 cm³/mol. The fourth-order valence-electron chi connectivity index (χ4n) is 1.17. The number of rotatable bonds is 3. The molecule has 0 bridgehead atoms. The van der Waals surface area contributed by atoms with Crippen molar-refractivity contribution in [2.75, 3.05) is 0 Å². The number of halogens is 2. The van der Waals surface area contributed by atoms with Crippen LogP contribution in [0.3, 0.4) is 0 Å². The summed E-state index contributed by atoms with van der Waals surface area (Å²) in [6.45, 7) is 3.33. The normalized spacial score (nSPS) is 11.7. The Hall–Kier alpha value is -0.820. The zero-order chi connectivity index (χ0) is 14.1. The van der Waals surface area contributed by atoms with E-state index in [1.165, 1.54) is 6.07 Å². The molecule has 1 rings (SSSR count). The number of hydrogen-bond donors (Lipinski definition) is 1. The lowest BCUT2D eigenvalue weighted by Gasteiger charge is -2.10. The number of sulfonamides is 1. The van der Waals surface area contributed by atoms with Crippen LogP contribution in [0.15, 0.2) is 17.0 Å². The van der Waals surface area contributed by atoms with E-state index in [-0.39, 0.29) is 21.7 Å². The van der Waals surface area contributed by atoms with Crippen molar-refractivity contribution in [2.24, 2.45) is 5.14 Å². The minimum atomic E-state index is -4.06. The molecule has 0 unspecified atom stereocenters. The Morgan fingerprint density at radius 1 is 1.33 bits per heavy atom. The van der Waals surface area contributed by atoms with Gasteiger partial charge >= 0.3 is 5.97 Å². The van der Waals surface area contributed by atoms with Crippen molar-refractivity contribution in [1.82, 2.24) is 0 Å². The average Bonchev–Trinajstić information content (AvgIpc) is 2.18. The Morgan fingerprint density at radius 3 is 2.33 bits per heavy atom. The summed E-state index contributed by atoms with van der Waals surface area (Å²) in [7, 11) is -4.06. The summed E-state index contributed by atoms with van der Waals surface area (Å²) >= 11 is 11.5. The van der Waals surface area contributed by atoms with Crippen molar-refractivity contribution in [2.45, 2.75) is 24.8 Å². The molecule has 0 heterocycles. The molecule has 0 saturated carbocycles. The van der Waals surface area contributed by atoms with Crippen LogP contribution in [0.25, 0.3) is 0 Å². The van der Waals surface area contributed by atoms with Gasteiger partial charge in [0.15, 0.2) is 0 Å². The van der Waals surface area contributed by atoms with E-state index < -0.39 is 20.9 Å². The molecule has 0 radical (unpaired) electrons. The Bertz CT molecular complexity index is 584. The van der Waals surface area contributed by atoms with Crippen molar-refractivity contribution in [3.8, 4) is 0 Å². The van der Waals surface area contributed by atoms with Gasteiger partial charge in [-0.3, -0.25) is 0 Å². The van der Waals surface area contributed by atoms with Gasteiger partial charge in [0.1, 0.15) is 4.90 Å². The standard InChI is InChI=1S/C10H11Cl2NO4S/c1-5(2)17-10(14)6-3-7(11)9(12)8(4-6)18(13,15)16/h3-5H,1-2H3,(H2,13,15,16). The maximum absolute atomic E-state index is 11.6. The summed E-state index contributed by atoms with van der Waals surface area (Å²) in [5.74, 6) is -0.700. The maximum atomic E-state index is 11.6. The fraction of sp³-hybridized carbons (Fsp3) is 0.300. The van der Waals surface area contributed by atoms with Crippen LogP contribution in [-0.4, -0.2) is 20.5 Å². The fourth-order valence-corrected chi connectivity index (χ4v) is 2.53. The van der Waals surface area contributed by atoms with Crippen molar-refractivity contribution in [3.05, 3.63) is 27.7 Å². The van der Waals surface area contributed by atoms with E-state index in [0.29, 0.717) is 0 Å². The third-order valence-electron chi connectivity index (χ3n) is 1.88. The molecular weight excluding hydrogens is 301 g/mol. The van der Waals surface area contributed by atoms with Gasteiger partial charge in [0.25, 0.3) is 0 Å². The summed E-state index contributed by atoms with van der Waals surface area (Å²) in [5.41, 5.74) is -0.0258. The maximum Gasteiger partial charge on any atom is 0.338 e. The predicted octanol–water partition coefficient (Wildman–Crippen LogP) is 2.21. The summed E-state index contributed by atoms with van der Waals surface area (Å²) in [6.07, 6.45) is -0.343. The molecule has 0 fully saturated rings. The van der Waals surface area contributed by atoms with Crippen LogP contribution in [0.2, 0.25) is 10.0 Å². The van der Waals surface area contributed by atoms with Crippen LogP contribution in [0, 0.1) is 0 Å². The Morgan fingerprint density at radius 2 is 1.89 bits per heavy atom. The van der Waals surface area contributed by atoms with E-state index in [2.05, 4.69) is 0 Å². The quantitative estimate of drug-likeness (QED) is 0.867. The summed E-state index contributed by atoms with van der Waals surface area (Å²) < 4.78 is 27.5. The van der Waals surface area contributed by atoms with Gasteiger partial charge in [-0.2, -0.15) is 0 Å². The number of benzene rings is 1. The van der Waals surface area contributed by atoms with E-state index in [1.54, 1.807) is 13.8 Å². The number of esters is 1. The van der Waals surface area contributed by atoms with Crippen molar-refractivity contribution >= 4 is 39.2 Å². The highest BCUT2D eigenvalue weighted by atomic mass is 35.5. The molecule has 100 valence electrons. The zero-order valence-electron chi connectivity index (χ0n) is 9.61. The molecule has 1 aromatic rings. The van der Waals surface area contributed by atoms with Gasteiger partial charge in [0, 0.05) is 0 Å². The Kier molecular flexibility index (Phi) is 4.61. The van der Waals surface area contributed by atoms with Crippen LogP contribution in [-0.2, 0) is 14.8 Å². The Labute approximate surface area is 115 Å². The highest BCUT2D eigenvalue weighted by Gasteiger charge is 2.20. The van der Waals surface area contributed by atoms with Gasteiger partial charge in [-0.1, -0.05) is 23.2 Å². The molecule has 0 atom stereocenters. The molecule has 18 heavy (non-hydrogen) atoms. The summed E-state index contributed by atoms with van der Waals surface area (Å²) in [6, 6.07) is 2.26. The number of primary sulfonamides is 1. The lowest BCUT2D eigenvalue weighted by molar-refractivity contribution is 0.0377. The van der Waals surface area contributed by atoms with E-state index in [4.69, 9.17) is 33.1 Å². The van der Waals surface area contributed by atoms with Gasteiger partial charge in [-0.25, -0.2) is 18.4 Å². The van der Waals surface area contributed by atoms with E-state index >= 15 is 0 Å². The topological polar surface area (TPSA) is 86.5 Å². The van der Waals surface area contributed by atoms with E-state index in [0.717, 1.165) is 6.07 Å². The lowest BCUT2D eigenvalue weighted by atomic mass is 10.2. The molecule has 0 aliphatic heterocycles. The van der Waals surface area contributed by atoms with Crippen LogP contribution in [0.5, 0.6) is 0 Å². The highest BCUT2D eigenvalue weighted by molar-refractivity contribution is 7.89. The smallest absolute Gasteiger partial charge is 0.338 e. The lowest BCUT2D eigenvalue weighted by Crippen LogP contribution is -2.16. The molecule has 0 amide bonds. The first-order valence-corrected chi connectivity index (χ1v) is 7.16. The number of hydrogen-bond acceptors (Lipinski definition) is 4. The number of carbonyl (C=O) groups excluding carboxylic acids is 1. The molecule has 5 nitrogen and oxygen atoms in total. The van der Waals surface area contributed by atoms with Crippen LogP contribution in [0.4, 0.5) is 0 Å². The van der Waals surface area contributed by atoms with Crippen LogP contribution >= 0.6 is 23.2 Å². The largest absolute Gasteiger partial charge is 0.459 e. The van der Waals surface area contributed by atoms with E-state index in [1.807, 2.05) is 0 Å². The molecule has 8 heteroatoms. The van der Waals surface area contributed by atoms with Crippen LogP contribution in [0.1, 0.15) is 24.2 Å². The average molecular weight is 312 g/mol. The number of ether oxygens (including phenoxy) is 1. The molecule has 0 spiro atoms. The second-order valence-corrected chi connectivity index (χ2v) is 6.08. The second kappa shape index (κ2) is 5.44. The number of carbonyl (C=O) groups is 1. The SMILES string of the molecule is CC(C)OC(=O)c1cc(Cl)c(Cl)c(S(N)(=O)=O)c1. The first-order valence-electron chi connectivity index (χ1n) is 4.85. The monoisotopic (exact) mass is 311 g/mol. The molecule has 0 aromatic heterocycles. The molecule has 0 aliphatic rings. The van der Waals surface area contributed by atoms with Crippen LogP contribution < -0.4 is 5.14 Å².